The Balaban J connectivity index is 2.86. The van der Waals surface area contributed by atoms with Gasteiger partial charge in [0.1, 0.15) is 0 Å². The SMILES string of the molecule is CCC[CH2][Sn]([CH]=CC1CCCN1C(=O)O)([CH2]CCC)[CH2]CCC. The molecule has 1 N–H and O–H groups in total. The van der Waals surface area contributed by atoms with Gasteiger partial charge in [-0.1, -0.05) is 0 Å². The van der Waals surface area contributed by atoms with Crippen LogP contribution in [0.5, 0.6) is 0 Å². The molecule has 1 unspecified atom stereocenters. The van der Waals surface area contributed by atoms with Crippen molar-refractivity contribution in [1.29, 1.82) is 0 Å². The normalized spacial score (nSPS) is 18.9. The molecular formula is C19H37NO2Sn. The second-order valence-electron chi connectivity index (χ2n) is 7.22. The summed E-state index contributed by atoms with van der Waals surface area (Å²) in [4.78, 5) is 13.0. The van der Waals surface area contributed by atoms with E-state index < -0.39 is 24.5 Å². The van der Waals surface area contributed by atoms with E-state index in [4.69, 9.17) is 0 Å². The molecule has 0 aromatic carbocycles. The van der Waals surface area contributed by atoms with Gasteiger partial charge in [0.15, 0.2) is 0 Å². The standard InChI is InChI=1S/C7H10NO2.3C4H9.Sn/c1-2-6-4-3-5-8(6)7(9)10;3*1-3-4-2;/h1-2,6H,3-5H2,(H,9,10);3*1,3-4H2,2H3;. The molecule has 0 bridgehead atoms. The van der Waals surface area contributed by atoms with E-state index in [2.05, 4.69) is 30.9 Å². The van der Waals surface area contributed by atoms with E-state index in [9.17, 15) is 9.90 Å². The molecule has 4 heteroatoms. The molecule has 0 aromatic rings. The van der Waals surface area contributed by atoms with Gasteiger partial charge in [-0.05, 0) is 0 Å². The molecule has 134 valence electrons. The Kier molecular flexibility index (Phi) is 10.3. The number of nitrogens with zero attached hydrogens (tertiary/aromatic N) is 1. The van der Waals surface area contributed by atoms with Crippen molar-refractivity contribution in [3.8, 4) is 0 Å². The fraction of sp³-hybridized carbons (Fsp3) is 0.842. The average Bonchev–Trinajstić information content (AvgIpc) is 3.02. The van der Waals surface area contributed by atoms with E-state index in [1.807, 2.05) is 0 Å². The minimum absolute atomic E-state index is 0.147. The predicted octanol–water partition coefficient (Wildman–Crippen LogP) is 6.07. The fourth-order valence-corrected chi connectivity index (χ4v) is 18.2. The number of carboxylic acid groups (broad SMARTS) is 1. The third-order valence-electron chi connectivity index (χ3n) is 5.30. The monoisotopic (exact) mass is 431 g/mol. The molecule has 1 aliphatic heterocycles. The van der Waals surface area contributed by atoms with Crippen molar-refractivity contribution < 1.29 is 9.90 Å². The summed E-state index contributed by atoms with van der Waals surface area (Å²) in [5.41, 5.74) is 0. The molecule has 0 aliphatic carbocycles. The Morgan fingerprint density at radius 1 is 1.09 bits per heavy atom. The average molecular weight is 430 g/mol. The second-order valence-corrected chi connectivity index (χ2v) is 20.2. The quantitative estimate of drug-likeness (QED) is 0.404. The van der Waals surface area contributed by atoms with E-state index in [1.165, 1.54) is 51.8 Å². The number of hydrogen-bond donors (Lipinski definition) is 1. The summed E-state index contributed by atoms with van der Waals surface area (Å²) in [5.74, 6) is 0. The molecule has 1 fully saturated rings. The van der Waals surface area contributed by atoms with Gasteiger partial charge < -0.3 is 0 Å². The van der Waals surface area contributed by atoms with Crippen LogP contribution in [0, 0.1) is 0 Å². The molecular weight excluding hydrogens is 393 g/mol. The minimum atomic E-state index is -2.25. The molecule has 1 aliphatic rings. The van der Waals surface area contributed by atoms with Gasteiger partial charge in [0.05, 0.1) is 0 Å². The van der Waals surface area contributed by atoms with E-state index in [-0.39, 0.29) is 6.04 Å². The maximum absolute atomic E-state index is 11.4. The van der Waals surface area contributed by atoms with Crippen molar-refractivity contribution in [1.82, 2.24) is 4.90 Å². The number of rotatable bonds is 11. The molecule has 0 spiro atoms. The van der Waals surface area contributed by atoms with Gasteiger partial charge in [-0.25, -0.2) is 0 Å². The molecule has 3 nitrogen and oxygen atoms in total. The van der Waals surface area contributed by atoms with Gasteiger partial charge in [-0.15, -0.1) is 0 Å². The first-order valence-corrected chi connectivity index (χ1v) is 17.5. The van der Waals surface area contributed by atoms with Crippen molar-refractivity contribution in [2.75, 3.05) is 6.54 Å². The second kappa shape index (κ2) is 11.4. The molecule has 0 radical (unpaired) electrons. The number of likely N-dealkylation sites (tertiary alicyclic amines) is 1. The Hall–Kier alpha value is -0.191. The van der Waals surface area contributed by atoms with Crippen molar-refractivity contribution in [3.05, 3.63) is 10.2 Å². The molecule has 1 rings (SSSR count). The summed E-state index contributed by atoms with van der Waals surface area (Å²) in [6.07, 6.45) is 11.6. The van der Waals surface area contributed by atoms with Gasteiger partial charge in [-0.2, -0.15) is 0 Å². The summed E-state index contributed by atoms with van der Waals surface area (Å²) in [7, 11) is 0. The van der Waals surface area contributed by atoms with Crippen LogP contribution in [0.15, 0.2) is 10.2 Å². The molecule has 0 aromatic heterocycles. The third kappa shape index (κ3) is 7.06. The third-order valence-corrected chi connectivity index (χ3v) is 19.4. The van der Waals surface area contributed by atoms with Crippen LogP contribution in [0.2, 0.25) is 13.3 Å². The summed E-state index contributed by atoms with van der Waals surface area (Å²) in [6, 6.07) is 0.147. The molecule has 1 heterocycles. The molecule has 0 saturated carbocycles. The van der Waals surface area contributed by atoms with Crippen LogP contribution in [-0.2, 0) is 0 Å². The van der Waals surface area contributed by atoms with Gasteiger partial charge in [0.2, 0.25) is 0 Å². The summed E-state index contributed by atoms with van der Waals surface area (Å²) >= 11 is -2.25. The van der Waals surface area contributed by atoms with Crippen molar-refractivity contribution in [2.45, 2.75) is 91.5 Å². The van der Waals surface area contributed by atoms with E-state index >= 15 is 0 Å². The molecule has 1 amide bonds. The summed E-state index contributed by atoms with van der Waals surface area (Å²) in [5, 5.41) is 9.35. The van der Waals surface area contributed by atoms with Crippen LogP contribution in [0.3, 0.4) is 0 Å². The maximum atomic E-state index is 11.4. The van der Waals surface area contributed by atoms with Crippen LogP contribution in [0.4, 0.5) is 4.79 Å². The Bertz CT molecular complexity index is 349. The van der Waals surface area contributed by atoms with Gasteiger partial charge >= 0.3 is 147 Å². The first-order chi connectivity index (χ1) is 11.1. The number of amides is 1. The van der Waals surface area contributed by atoms with Gasteiger partial charge in [0, 0.05) is 0 Å². The zero-order chi connectivity index (χ0) is 17.1. The van der Waals surface area contributed by atoms with Crippen LogP contribution < -0.4 is 0 Å². The fourth-order valence-electron chi connectivity index (χ4n) is 3.76. The zero-order valence-electron chi connectivity index (χ0n) is 15.5. The Morgan fingerprint density at radius 2 is 1.61 bits per heavy atom. The molecule has 1 atom stereocenters. The Morgan fingerprint density at radius 3 is 2.04 bits per heavy atom. The molecule has 1 saturated heterocycles. The Labute approximate surface area is 147 Å². The first-order valence-electron chi connectivity index (χ1n) is 9.77. The van der Waals surface area contributed by atoms with Crippen molar-refractivity contribution >= 4 is 24.5 Å². The van der Waals surface area contributed by atoms with E-state index in [1.54, 1.807) is 4.90 Å². The first kappa shape index (κ1) is 20.9. The predicted molar refractivity (Wildman–Crippen MR) is 102 cm³/mol. The summed E-state index contributed by atoms with van der Waals surface area (Å²) < 4.78 is 7.01. The topological polar surface area (TPSA) is 40.5 Å². The number of carbonyl (C=O) groups is 1. The number of unbranched alkanes of at least 4 members (excludes halogenated alkanes) is 3. The van der Waals surface area contributed by atoms with Crippen LogP contribution in [0.25, 0.3) is 0 Å². The number of hydrogen-bond acceptors (Lipinski definition) is 1. The summed E-state index contributed by atoms with van der Waals surface area (Å²) in [6.45, 7) is 7.60. The van der Waals surface area contributed by atoms with Crippen LogP contribution >= 0.6 is 0 Å². The van der Waals surface area contributed by atoms with Gasteiger partial charge in [-0.3, -0.25) is 0 Å². The van der Waals surface area contributed by atoms with Crippen LogP contribution in [0.1, 0.15) is 72.1 Å². The van der Waals surface area contributed by atoms with E-state index in [0.717, 1.165) is 12.8 Å². The van der Waals surface area contributed by atoms with E-state index in [0.29, 0.717) is 6.54 Å². The van der Waals surface area contributed by atoms with Crippen molar-refractivity contribution in [2.24, 2.45) is 0 Å². The molecule has 23 heavy (non-hydrogen) atoms. The zero-order valence-corrected chi connectivity index (χ0v) is 18.4. The van der Waals surface area contributed by atoms with Crippen LogP contribution in [-0.4, -0.2) is 47.1 Å². The van der Waals surface area contributed by atoms with Gasteiger partial charge in [0.25, 0.3) is 0 Å². The van der Waals surface area contributed by atoms with Crippen molar-refractivity contribution in [3.63, 3.8) is 0 Å².